The summed E-state index contributed by atoms with van der Waals surface area (Å²) in [5.41, 5.74) is 1.76. The van der Waals surface area contributed by atoms with Gasteiger partial charge in [0.25, 0.3) is 0 Å². The monoisotopic (exact) mass is 395 g/mol. The van der Waals surface area contributed by atoms with E-state index in [0.29, 0.717) is 36.2 Å². The molecule has 7 heteroatoms. The molecule has 3 aliphatic rings. The van der Waals surface area contributed by atoms with Crippen LogP contribution in [0.5, 0.6) is 5.75 Å². The molecule has 0 spiro atoms. The lowest BCUT2D eigenvalue weighted by molar-refractivity contribution is -0.143. The smallest absolute Gasteiger partial charge is 0.307 e. The van der Waals surface area contributed by atoms with Gasteiger partial charge in [0.2, 0.25) is 0 Å². The number of hydrogen-bond acceptors (Lipinski definition) is 6. The molecule has 0 amide bonds. The zero-order chi connectivity index (χ0) is 19.8. The number of benzene rings is 2. The maximum absolute atomic E-state index is 12.1. The van der Waals surface area contributed by atoms with Gasteiger partial charge in [0.15, 0.2) is 5.43 Å². The van der Waals surface area contributed by atoms with E-state index in [9.17, 15) is 19.8 Å². The van der Waals surface area contributed by atoms with Crippen LogP contribution >= 0.6 is 12.2 Å². The van der Waals surface area contributed by atoms with E-state index < -0.39 is 11.9 Å². The number of carboxylic acids is 1. The van der Waals surface area contributed by atoms with E-state index >= 15 is 0 Å². The molecule has 2 N–H and O–H groups in total. The predicted molar refractivity (Wildman–Crippen MR) is 107 cm³/mol. The van der Waals surface area contributed by atoms with E-state index in [1.807, 2.05) is 0 Å². The first kappa shape index (κ1) is 18.3. The highest BCUT2D eigenvalue weighted by atomic mass is 32.1. The number of phenols is 1. The van der Waals surface area contributed by atoms with Gasteiger partial charge >= 0.3 is 5.97 Å². The van der Waals surface area contributed by atoms with Crippen molar-refractivity contribution < 1.29 is 19.4 Å². The van der Waals surface area contributed by atoms with Crippen LogP contribution < -0.4 is 5.43 Å². The fourth-order valence-corrected chi connectivity index (χ4v) is 4.40. The SMILES string of the molecule is O=C(O)C1CC(N=C=S)CCC1c1c2ccc(=O)cc-2oc2cc(O)ccc12. The van der Waals surface area contributed by atoms with Gasteiger partial charge in [-0.1, -0.05) is 0 Å². The molecule has 4 rings (SSSR count). The van der Waals surface area contributed by atoms with Gasteiger partial charge < -0.3 is 14.6 Å². The van der Waals surface area contributed by atoms with Gasteiger partial charge in [0.1, 0.15) is 17.1 Å². The maximum Gasteiger partial charge on any atom is 0.307 e. The molecule has 3 unspecified atom stereocenters. The number of aromatic hydroxyl groups is 1. The van der Waals surface area contributed by atoms with Crippen LogP contribution in [0, 0.1) is 5.92 Å². The minimum Gasteiger partial charge on any atom is -0.508 e. The van der Waals surface area contributed by atoms with Crippen molar-refractivity contribution in [2.75, 3.05) is 0 Å². The van der Waals surface area contributed by atoms with Crippen molar-refractivity contribution in [2.24, 2.45) is 10.9 Å². The Labute approximate surface area is 165 Å². The number of phenolic OH excluding ortho intramolecular Hbond substituents is 1. The molecule has 1 aliphatic heterocycles. The Hall–Kier alpha value is -3.02. The molecule has 2 aliphatic carbocycles. The second kappa shape index (κ2) is 7.19. The second-order valence-electron chi connectivity index (χ2n) is 7.09. The lowest BCUT2D eigenvalue weighted by Crippen LogP contribution is -2.31. The lowest BCUT2D eigenvalue weighted by Gasteiger charge is -2.34. The molecule has 6 nitrogen and oxygen atoms in total. The molecule has 1 heterocycles. The molecule has 0 radical (unpaired) electrons. The summed E-state index contributed by atoms with van der Waals surface area (Å²) in [6.07, 6.45) is 1.68. The molecular weight excluding hydrogens is 378 g/mol. The summed E-state index contributed by atoms with van der Waals surface area (Å²) in [4.78, 5) is 28.0. The zero-order valence-electron chi connectivity index (χ0n) is 14.8. The number of fused-ring (bicyclic) bond motifs is 2. The fourth-order valence-electron chi connectivity index (χ4n) is 4.25. The van der Waals surface area contributed by atoms with Crippen LogP contribution in [0.4, 0.5) is 0 Å². The number of thiocarbonyl (C=S) groups is 1. The van der Waals surface area contributed by atoms with Crippen LogP contribution in [0.2, 0.25) is 0 Å². The van der Waals surface area contributed by atoms with Crippen molar-refractivity contribution in [3.8, 4) is 17.1 Å². The van der Waals surface area contributed by atoms with Gasteiger partial charge in [-0.25, -0.2) is 4.99 Å². The number of carbonyl (C=O) groups is 1. The Morgan fingerprint density at radius 2 is 2.04 bits per heavy atom. The average molecular weight is 395 g/mol. The first-order valence-electron chi connectivity index (χ1n) is 8.97. The molecule has 0 bridgehead atoms. The molecule has 1 aromatic carbocycles. The number of isothiocyanates is 1. The molecule has 0 aromatic heterocycles. The standard InChI is InChI=1S/C21H17NO5S/c23-12-2-5-15-18(8-12)27-19-9-13(24)3-6-16(19)20(15)14-4-1-11(22-10-28)7-17(14)21(25)26/h2-3,5-6,8-9,11,14,17,23H,1,4,7H2,(H,25,26). The summed E-state index contributed by atoms with van der Waals surface area (Å²) in [6, 6.07) is 9.13. The van der Waals surface area contributed by atoms with Crippen LogP contribution in [0.1, 0.15) is 30.7 Å². The summed E-state index contributed by atoms with van der Waals surface area (Å²) in [6.45, 7) is 0. The quantitative estimate of drug-likeness (QED) is 0.394. The van der Waals surface area contributed by atoms with E-state index in [-0.39, 0.29) is 23.1 Å². The summed E-state index contributed by atoms with van der Waals surface area (Å²) < 4.78 is 5.85. The molecule has 0 saturated heterocycles. The molecule has 142 valence electrons. The van der Waals surface area contributed by atoms with E-state index in [2.05, 4.69) is 22.4 Å². The van der Waals surface area contributed by atoms with Crippen LogP contribution in [0.3, 0.4) is 0 Å². The van der Waals surface area contributed by atoms with Gasteiger partial charge in [-0.15, -0.1) is 0 Å². The minimum atomic E-state index is -0.893. The number of aliphatic imine (C=N–C) groups is 1. The maximum atomic E-state index is 12.1. The Balaban J connectivity index is 1.96. The van der Waals surface area contributed by atoms with Crippen molar-refractivity contribution in [2.45, 2.75) is 31.2 Å². The van der Waals surface area contributed by atoms with Crippen LogP contribution in [-0.4, -0.2) is 27.4 Å². The first-order chi connectivity index (χ1) is 13.5. The van der Waals surface area contributed by atoms with Crippen LogP contribution in [-0.2, 0) is 4.79 Å². The minimum absolute atomic E-state index is 0.0358. The third kappa shape index (κ3) is 3.19. The normalized spacial score (nSPS) is 22.1. The van der Waals surface area contributed by atoms with E-state index in [1.54, 1.807) is 18.2 Å². The number of carboxylic acid groups (broad SMARTS) is 1. The van der Waals surface area contributed by atoms with Crippen molar-refractivity contribution in [1.82, 2.24) is 0 Å². The second-order valence-corrected chi connectivity index (χ2v) is 7.28. The lowest BCUT2D eigenvalue weighted by atomic mass is 9.71. The third-order valence-corrected chi connectivity index (χ3v) is 5.57. The molecule has 3 atom stereocenters. The van der Waals surface area contributed by atoms with E-state index in [1.165, 1.54) is 18.2 Å². The Morgan fingerprint density at radius 3 is 2.79 bits per heavy atom. The Morgan fingerprint density at radius 1 is 1.21 bits per heavy atom. The predicted octanol–water partition coefficient (Wildman–Crippen LogP) is 4.04. The highest BCUT2D eigenvalue weighted by Crippen LogP contribution is 2.46. The van der Waals surface area contributed by atoms with Crippen molar-refractivity contribution >= 4 is 34.3 Å². The van der Waals surface area contributed by atoms with Crippen molar-refractivity contribution in [3.05, 3.63) is 52.2 Å². The van der Waals surface area contributed by atoms with Gasteiger partial charge in [-0.2, -0.15) is 0 Å². The number of aliphatic carboxylic acids is 1. The third-order valence-electron chi connectivity index (χ3n) is 5.46. The molecular formula is C21H17NO5S. The molecule has 1 fully saturated rings. The van der Waals surface area contributed by atoms with Gasteiger partial charge in [0.05, 0.1) is 17.1 Å². The van der Waals surface area contributed by atoms with Crippen molar-refractivity contribution in [1.29, 1.82) is 0 Å². The van der Waals surface area contributed by atoms with Gasteiger partial charge in [-0.3, -0.25) is 9.59 Å². The largest absolute Gasteiger partial charge is 0.508 e. The summed E-state index contributed by atoms with van der Waals surface area (Å²) >= 11 is 4.68. The number of rotatable bonds is 3. The first-order valence-corrected chi connectivity index (χ1v) is 9.38. The number of hydrogen-bond donors (Lipinski definition) is 2. The summed E-state index contributed by atoms with van der Waals surface area (Å²) in [7, 11) is 0. The summed E-state index contributed by atoms with van der Waals surface area (Å²) in [5, 5.41) is 22.8. The average Bonchev–Trinajstić information content (AvgIpc) is 2.66. The van der Waals surface area contributed by atoms with Gasteiger partial charge in [-0.05, 0) is 67.2 Å². The highest BCUT2D eigenvalue weighted by molar-refractivity contribution is 7.78. The molecule has 1 saturated carbocycles. The fraction of sp³-hybridized carbons (Fsp3) is 0.286. The highest BCUT2D eigenvalue weighted by Gasteiger charge is 2.38. The Kier molecular flexibility index (Phi) is 4.71. The van der Waals surface area contributed by atoms with Crippen LogP contribution in [0.25, 0.3) is 22.3 Å². The molecule has 28 heavy (non-hydrogen) atoms. The van der Waals surface area contributed by atoms with Crippen LogP contribution in [0.15, 0.2) is 50.6 Å². The molecule has 1 aromatic rings. The zero-order valence-corrected chi connectivity index (χ0v) is 15.6. The van der Waals surface area contributed by atoms with Crippen molar-refractivity contribution in [3.63, 3.8) is 0 Å². The topological polar surface area (TPSA) is 100 Å². The Bertz CT molecular complexity index is 1150. The number of nitrogens with zero attached hydrogens (tertiary/aromatic N) is 1. The van der Waals surface area contributed by atoms with E-state index in [4.69, 9.17) is 4.42 Å². The van der Waals surface area contributed by atoms with E-state index in [0.717, 1.165) is 10.9 Å². The van der Waals surface area contributed by atoms with Gasteiger partial charge in [0, 0.05) is 23.1 Å². The summed E-state index contributed by atoms with van der Waals surface area (Å²) in [5.74, 6) is -1.41.